The van der Waals surface area contributed by atoms with Crippen LogP contribution in [-0.2, 0) is 6.42 Å². The van der Waals surface area contributed by atoms with Gasteiger partial charge in [-0.25, -0.2) is 0 Å². The van der Waals surface area contributed by atoms with E-state index in [0.29, 0.717) is 6.42 Å². The van der Waals surface area contributed by atoms with Gasteiger partial charge in [0.1, 0.15) is 0 Å². The topological polar surface area (TPSA) is 41.7 Å². The van der Waals surface area contributed by atoms with Crippen LogP contribution in [0.4, 0.5) is 0 Å². The van der Waals surface area contributed by atoms with Crippen LogP contribution in [0.25, 0.3) is 27.2 Å². The number of hydrogen-bond donors (Lipinski definition) is 1. The molecule has 5 aromatic rings. The Morgan fingerprint density at radius 1 is 0.926 bits per heavy atom. The van der Waals surface area contributed by atoms with Gasteiger partial charge in [-0.05, 0) is 36.2 Å². The summed E-state index contributed by atoms with van der Waals surface area (Å²) >= 11 is 0. The third-order valence-electron chi connectivity index (χ3n) is 5.39. The number of hydrogen-bond acceptors (Lipinski definition) is 2. The minimum Gasteiger partial charge on any atom is -0.389 e. The van der Waals surface area contributed by atoms with Crippen LogP contribution in [0.15, 0.2) is 77.7 Å². The molecule has 0 aliphatic heterocycles. The summed E-state index contributed by atoms with van der Waals surface area (Å²) in [5, 5.41) is 12.8. The van der Waals surface area contributed by atoms with E-state index in [2.05, 4.69) is 4.40 Å². The highest BCUT2D eigenvalue weighted by atomic mass is 16.3. The standard InChI is InChI=1S/C24H19NO2/c1-15(26)17-10-11-22-21(13-17)19-8-5-9-20-23(19)25(22)14-18(24(20)27)12-16-6-3-2-4-7-16/h2-11,13-15,26H,12H2,1H3. The van der Waals surface area contributed by atoms with Crippen LogP contribution in [-0.4, -0.2) is 9.51 Å². The Labute approximate surface area is 156 Å². The second-order valence-electron chi connectivity index (χ2n) is 7.17. The molecule has 3 nitrogen and oxygen atoms in total. The van der Waals surface area contributed by atoms with Crippen LogP contribution in [0.3, 0.4) is 0 Å². The van der Waals surface area contributed by atoms with Crippen molar-refractivity contribution < 1.29 is 5.11 Å². The van der Waals surface area contributed by atoms with E-state index in [-0.39, 0.29) is 5.43 Å². The van der Waals surface area contributed by atoms with Gasteiger partial charge in [0.05, 0.1) is 17.1 Å². The molecule has 0 spiro atoms. The molecule has 1 atom stereocenters. The lowest BCUT2D eigenvalue weighted by Gasteiger charge is -2.07. The quantitative estimate of drug-likeness (QED) is 0.511. The van der Waals surface area contributed by atoms with Crippen LogP contribution in [0.2, 0.25) is 0 Å². The lowest BCUT2D eigenvalue weighted by atomic mass is 10.0. The highest BCUT2D eigenvalue weighted by Crippen LogP contribution is 2.32. The fourth-order valence-electron chi connectivity index (χ4n) is 4.03. The van der Waals surface area contributed by atoms with Gasteiger partial charge in [0, 0.05) is 34.3 Å². The number of para-hydroxylation sites is 1. The summed E-state index contributed by atoms with van der Waals surface area (Å²) in [7, 11) is 0. The Bertz CT molecular complexity index is 1330. The van der Waals surface area contributed by atoms with Gasteiger partial charge in [0.15, 0.2) is 5.43 Å². The van der Waals surface area contributed by atoms with Crippen molar-refractivity contribution in [3.8, 4) is 0 Å². The predicted molar refractivity (Wildman–Crippen MR) is 110 cm³/mol. The first-order chi connectivity index (χ1) is 13.1. The fraction of sp³-hybridized carbons (Fsp3) is 0.125. The maximum atomic E-state index is 13.1. The Morgan fingerprint density at radius 3 is 2.48 bits per heavy atom. The smallest absolute Gasteiger partial charge is 0.192 e. The second-order valence-corrected chi connectivity index (χ2v) is 7.17. The lowest BCUT2D eigenvalue weighted by molar-refractivity contribution is 0.199. The maximum Gasteiger partial charge on any atom is 0.192 e. The first-order valence-electron chi connectivity index (χ1n) is 9.17. The molecule has 132 valence electrons. The molecule has 0 amide bonds. The van der Waals surface area contributed by atoms with Gasteiger partial charge in [-0.2, -0.15) is 0 Å². The van der Waals surface area contributed by atoms with Crippen LogP contribution in [0.5, 0.6) is 0 Å². The van der Waals surface area contributed by atoms with Crippen molar-refractivity contribution in [1.29, 1.82) is 0 Å². The zero-order chi connectivity index (χ0) is 18.5. The summed E-state index contributed by atoms with van der Waals surface area (Å²) in [5.41, 5.74) is 4.90. The van der Waals surface area contributed by atoms with Crippen LogP contribution < -0.4 is 5.43 Å². The number of fused-ring (bicyclic) bond motifs is 3. The Balaban J connectivity index is 1.84. The molecule has 0 fully saturated rings. The van der Waals surface area contributed by atoms with Gasteiger partial charge in [-0.15, -0.1) is 0 Å². The first-order valence-corrected chi connectivity index (χ1v) is 9.17. The summed E-state index contributed by atoms with van der Waals surface area (Å²) in [4.78, 5) is 13.1. The van der Waals surface area contributed by atoms with Gasteiger partial charge in [-0.1, -0.05) is 48.5 Å². The summed E-state index contributed by atoms with van der Waals surface area (Å²) in [6.07, 6.45) is 2.07. The average molecular weight is 353 g/mol. The van der Waals surface area contributed by atoms with Crippen molar-refractivity contribution in [3.05, 3.63) is 99.8 Å². The van der Waals surface area contributed by atoms with Crippen molar-refractivity contribution >= 4 is 27.2 Å². The number of benzene rings is 3. The van der Waals surface area contributed by atoms with Crippen molar-refractivity contribution in [3.63, 3.8) is 0 Å². The summed E-state index contributed by atoms with van der Waals surface area (Å²) < 4.78 is 2.13. The first kappa shape index (κ1) is 16.0. The molecule has 3 heteroatoms. The third kappa shape index (κ3) is 2.43. The molecule has 2 aromatic heterocycles. The molecule has 0 bridgehead atoms. The molecule has 2 heterocycles. The third-order valence-corrected chi connectivity index (χ3v) is 5.39. The molecule has 0 saturated carbocycles. The number of aliphatic hydroxyl groups is 1. The van der Waals surface area contributed by atoms with E-state index in [1.165, 1.54) is 0 Å². The number of aliphatic hydroxyl groups excluding tert-OH is 1. The van der Waals surface area contributed by atoms with E-state index >= 15 is 0 Å². The molecule has 0 aliphatic carbocycles. The zero-order valence-corrected chi connectivity index (χ0v) is 15.0. The monoisotopic (exact) mass is 353 g/mol. The number of aromatic nitrogens is 1. The number of nitrogens with zero attached hydrogens (tertiary/aromatic N) is 1. The molecule has 0 radical (unpaired) electrons. The van der Waals surface area contributed by atoms with Gasteiger partial charge in [0.2, 0.25) is 0 Å². The minimum absolute atomic E-state index is 0.0931. The molecule has 1 unspecified atom stereocenters. The van der Waals surface area contributed by atoms with E-state index in [9.17, 15) is 9.90 Å². The minimum atomic E-state index is -0.521. The summed E-state index contributed by atoms with van der Waals surface area (Å²) in [5.74, 6) is 0. The molecule has 0 aliphatic rings. The Hall–Kier alpha value is -3.17. The van der Waals surface area contributed by atoms with Crippen molar-refractivity contribution in [2.24, 2.45) is 0 Å². The molecular formula is C24H19NO2. The molecule has 0 saturated heterocycles. The van der Waals surface area contributed by atoms with Gasteiger partial charge < -0.3 is 9.51 Å². The highest BCUT2D eigenvalue weighted by molar-refractivity contribution is 6.14. The molecule has 5 rings (SSSR count). The van der Waals surface area contributed by atoms with Gasteiger partial charge in [0.25, 0.3) is 0 Å². The zero-order valence-electron chi connectivity index (χ0n) is 15.0. The van der Waals surface area contributed by atoms with Crippen LogP contribution >= 0.6 is 0 Å². The summed E-state index contributed by atoms with van der Waals surface area (Å²) in [6.45, 7) is 1.77. The average Bonchev–Trinajstić information content (AvgIpc) is 3.01. The fourth-order valence-corrected chi connectivity index (χ4v) is 4.03. The van der Waals surface area contributed by atoms with E-state index in [0.717, 1.165) is 43.9 Å². The van der Waals surface area contributed by atoms with E-state index in [1.54, 1.807) is 6.92 Å². The van der Waals surface area contributed by atoms with Crippen LogP contribution in [0, 0.1) is 0 Å². The SMILES string of the molecule is CC(O)c1ccc2c(c1)c1cccc3c(=O)c(Cc4ccccc4)cn2c31. The molecular weight excluding hydrogens is 334 g/mol. The van der Waals surface area contributed by atoms with Crippen molar-refractivity contribution in [2.45, 2.75) is 19.4 Å². The van der Waals surface area contributed by atoms with E-state index < -0.39 is 6.10 Å². The Kier molecular flexibility index (Phi) is 3.52. The second kappa shape index (κ2) is 5.93. The van der Waals surface area contributed by atoms with Gasteiger partial charge in [-0.3, -0.25) is 4.79 Å². The molecule has 1 N–H and O–H groups in total. The Morgan fingerprint density at radius 2 is 1.70 bits per heavy atom. The van der Waals surface area contributed by atoms with Crippen molar-refractivity contribution in [1.82, 2.24) is 4.40 Å². The number of rotatable bonds is 3. The van der Waals surface area contributed by atoms with Crippen molar-refractivity contribution in [2.75, 3.05) is 0 Å². The highest BCUT2D eigenvalue weighted by Gasteiger charge is 2.16. The lowest BCUT2D eigenvalue weighted by Crippen LogP contribution is -2.12. The summed E-state index contributed by atoms with van der Waals surface area (Å²) in [6, 6.07) is 22.0. The predicted octanol–water partition coefficient (Wildman–Crippen LogP) is 4.69. The van der Waals surface area contributed by atoms with Gasteiger partial charge >= 0.3 is 0 Å². The molecule has 27 heavy (non-hydrogen) atoms. The van der Waals surface area contributed by atoms with E-state index in [4.69, 9.17) is 0 Å². The maximum absolute atomic E-state index is 13.1. The number of pyridine rings is 1. The largest absolute Gasteiger partial charge is 0.389 e. The van der Waals surface area contributed by atoms with E-state index in [1.807, 2.05) is 72.9 Å². The molecule has 3 aromatic carbocycles. The van der Waals surface area contributed by atoms with Crippen LogP contribution in [0.1, 0.15) is 29.7 Å². The normalized spacial score (nSPS) is 13.0.